The average molecular weight is 386 g/mol. The van der Waals surface area contributed by atoms with E-state index in [2.05, 4.69) is 38.3 Å². The minimum absolute atomic E-state index is 0.275. The van der Waals surface area contributed by atoms with E-state index in [0.717, 1.165) is 57.0 Å². The molecule has 4 rings (SSSR count). The molecule has 1 amide bonds. The van der Waals surface area contributed by atoms with Crippen LogP contribution < -0.4 is 9.64 Å². The number of benzene rings is 1. The number of para-hydroxylation sites is 2. The Morgan fingerprint density at radius 1 is 1.11 bits per heavy atom. The summed E-state index contributed by atoms with van der Waals surface area (Å²) >= 11 is 1.76. The summed E-state index contributed by atoms with van der Waals surface area (Å²) in [5.41, 5.74) is 1.14. The summed E-state index contributed by atoms with van der Waals surface area (Å²) in [6, 6.07) is 12.7. The highest BCUT2D eigenvalue weighted by Gasteiger charge is 2.32. The number of carbonyl (C=O) groups is 1. The van der Waals surface area contributed by atoms with Crippen LogP contribution in [-0.2, 0) is 4.79 Å². The molecular formula is C21H27N3O2S. The highest BCUT2D eigenvalue weighted by atomic mass is 32.1. The smallest absolute Gasteiger partial charge is 0.237 e. The summed E-state index contributed by atoms with van der Waals surface area (Å²) in [6.45, 7) is 5.07. The lowest BCUT2D eigenvalue weighted by atomic mass is 10.2. The summed E-state index contributed by atoms with van der Waals surface area (Å²) in [6.07, 6.45) is 2.20. The lowest BCUT2D eigenvalue weighted by molar-refractivity contribution is -0.133. The van der Waals surface area contributed by atoms with Gasteiger partial charge in [0.15, 0.2) is 0 Å². The first-order valence-electron chi connectivity index (χ1n) is 9.69. The van der Waals surface area contributed by atoms with Crippen LogP contribution in [0.1, 0.15) is 23.8 Å². The van der Waals surface area contributed by atoms with Crippen molar-refractivity contribution in [1.29, 1.82) is 0 Å². The summed E-state index contributed by atoms with van der Waals surface area (Å²) in [5, 5.41) is 2.10. The lowest BCUT2D eigenvalue weighted by Gasteiger charge is -2.37. The minimum atomic E-state index is 0.275. The minimum Gasteiger partial charge on any atom is -0.495 e. The standard InChI is InChI=1S/C21H27N3O2S/c1-26-19-8-3-2-6-17(19)23-13-11-22(12-14-23)16-21(25)24-10-4-7-18(24)20-9-5-15-27-20/h2-3,5-6,8-9,15,18H,4,7,10-14,16H2,1H3. The van der Waals surface area contributed by atoms with Crippen LogP contribution >= 0.6 is 11.3 Å². The second-order valence-electron chi connectivity index (χ2n) is 7.20. The van der Waals surface area contributed by atoms with Crippen LogP contribution in [0.5, 0.6) is 5.75 Å². The number of amides is 1. The highest BCUT2D eigenvalue weighted by molar-refractivity contribution is 7.10. The molecule has 1 unspecified atom stereocenters. The lowest BCUT2D eigenvalue weighted by Crippen LogP contribution is -2.50. The van der Waals surface area contributed by atoms with Crippen molar-refractivity contribution in [1.82, 2.24) is 9.80 Å². The first-order chi connectivity index (χ1) is 13.3. The van der Waals surface area contributed by atoms with E-state index in [1.807, 2.05) is 18.2 Å². The predicted octanol–water partition coefficient (Wildman–Crippen LogP) is 3.24. The molecule has 27 heavy (non-hydrogen) atoms. The van der Waals surface area contributed by atoms with Gasteiger partial charge in [-0.3, -0.25) is 9.69 Å². The number of thiophene rings is 1. The quantitative estimate of drug-likeness (QED) is 0.792. The van der Waals surface area contributed by atoms with Crippen LogP contribution in [0.3, 0.4) is 0 Å². The molecule has 2 fully saturated rings. The molecule has 3 heterocycles. The van der Waals surface area contributed by atoms with Crippen LogP contribution in [0, 0.1) is 0 Å². The Morgan fingerprint density at radius 2 is 1.93 bits per heavy atom. The Bertz CT molecular complexity index is 757. The van der Waals surface area contributed by atoms with Crippen molar-refractivity contribution in [3.05, 3.63) is 46.7 Å². The van der Waals surface area contributed by atoms with Crippen LogP contribution in [-0.4, -0.2) is 62.1 Å². The fourth-order valence-electron chi connectivity index (χ4n) is 4.16. The number of carbonyl (C=O) groups excluding carboxylic acids is 1. The van der Waals surface area contributed by atoms with Gasteiger partial charge in [0.1, 0.15) is 5.75 Å². The predicted molar refractivity (Wildman–Crippen MR) is 110 cm³/mol. The number of methoxy groups -OCH3 is 1. The Hall–Kier alpha value is -2.05. The molecule has 0 saturated carbocycles. The summed E-state index contributed by atoms with van der Waals surface area (Å²) in [7, 11) is 1.72. The molecule has 0 aliphatic carbocycles. The Morgan fingerprint density at radius 3 is 2.67 bits per heavy atom. The molecule has 6 heteroatoms. The topological polar surface area (TPSA) is 36.0 Å². The number of rotatable bonds is 5. The molecule has 144 valence electrons. The zero-order valence-corrected chi connectivity index (χ0v) is 16.7. The first kappa shape index (κ1) is 18.3. The van der Waals surface area contributed by atoms with Gasteiger partial charge < -0.3 is 14.5 Å². The van der Waals surface area contributed by atoms with Gasteiger partial charge in [0.2, 0.25) is 5.91 Å². The largest absolute Gasteiger partial charge is 0.495 e. The van der Waals surface area contributed by atoms with E-state index in [4.69, 9.17) is 4.74 Å². The summed E-state index contributed by atoms with van der Waals surface area (Å²) < 4.78 is 5.49. The van der Waals surface area contributed by atoms with E-state index in [-0.39, 0.29) is 11.9 Å². The zero-order valence-electron chi connectivity index (χ0n) is 15.8. The molecule has 0 spiro atoms. The van der Waals surface area contributed by atoms with Gasteiger partial charge in [0, 0.05) is 37.6 Å². The van der Waals surface area contributed by atoms with Crippen molar-refractivity contribution in [3.63, 3.8) is 0 Å². The fraction of sp³-hybridized carbons (Fsp3) is 0.476. The van der Waals surface area contributed by atoms with Gasteiger partial charge in [-0.15, -0.1) is 11.3 Å². The normalized spacial score (nSPS) is 20.9. The van der Waals surface area contributed by atoms with Crippen LogP contribution in [0.15, 0.2) is 41.8 Å². The second kappa shape index (κ2) is 8.31. The van der Waals surface area contributed by atoms with Crippen molar-refractivity contribution in [3.8, 4) is 5.75 Å². The third kappa shape index (κ3) is 3.96. The third-order valence-corrected chi connectivity index (χ3v) is 6.58. The van der Waals surface area contributed by atoms with E-state index in [1.165, 1.54) is 4.88 Å². The SMILES string of the molecule is COc1ccccc1N1CCN(CC(=O)N2CCCC2c2cccs2)CC1. The van der Waals surface area contributed by atoms with Gasteiger partial charge in [-0.25, -0.2) is 0 Å². The van der Waals surface area contributed by atoms with Crippen molar-refractivity contribution in [2.75, 3.05) is 51.3 Å². The van der Waals surface area contributed by atoms with E-state index >= 15 is 0 Å². The van der Waals surface area contributed by atoms with Crippen molar-refractivity contribution in [2.24, 2.45) is 0 Å². The van der Waals surface area contributed by atoms with E-state index in [1.54, 1.807) is 18.4 Å². The maximum absolute atomic E-state index is 12.9. The third-order valence-electron chi connectivity index (χ3n) is 5.60. The number of hydrogen-bond acceptors (Lipinski definition) is 5. The van der Waals surface area contributed by atoms with E-state index in [0.29, 0.717) is 6.54 Å². The number of nitrogens with zero attached hydrogens (tertiary/aromatic N) is 3. The number of likely N-dealkylation sites (tertiary alicyclic amines) is 1. The average Bonchev–Trinajstić information content (AvgIpc) is 3.40. The van der Waals surface area contributed by atoms with Crippen molar-refractivity contribution in [2.45, 2.75) is 18.9 Å². The van der Waals surface area contributed by atoms with Crippen LogP contribution in [0.2, 0.25) is 0 Å². The van der Waals surface area contributed by atoms with Gasteiger partial charge in [-0.1, -0.05) is 18.2 Å². The van der Waals surface area contributed by atoms with E-state index < -0.39 is 0 Å². The maximum atomic E-state index is 12.9. The Balaban J connectivity index is 1.33. The molecular weight excluding hydrogens is 358 g/mol. The van der Waals surface area contributed by atoms with Crippen LogP contribution in [0.4, 0.5) is 5.69 Å². The molecule has 2 aliphatic rings. The monoisotopic (exact) mass is 385 g/mol. The van der Waals surface area contributed by atoms with Gasteiger partial charge in [0.25, 0.3) is 0 Å². The van der Waals surface area contributed by atoms with Crippen molar-refractivity contribution >= 4 is 22.9 Å². The van der Waals surface area contributed by atoms with Gasteiger partial charge in [-0.2, -0.15) is 0 Å². The number of hydrogen-bond donors (Lipinski definition) is 0. The fourth-order valence-corrected chi connectivity index (χ4v) is 5.04. The molecule has 2 aliphatic heterocycles. The number of anilines is 1. The maximum Gasteiger partial charge on any atom is 0.237 e. The molecule has 1 aromatic carbocycles. The molecule has 0 N–H and O–H groups in total. The van der Waals surface area contributed by atoms with Gasteiger partial charge in [-0.05, 0) is 36.4 Å². The molecule has 5 nitrogen and oxygen atoms in total. The Kier molecular flexibility index (Phi) is 5.64. The molecule has 1 atom stereocenters. The second-order valence-corrected chi connectivity index (χ2v) is 8.17. The van der Waals surface area contributed by atoms with E-state index in [9.17, 15) is 4.79 Å². The molecule has 2 aromatic rings. The highest BCUT2D eigenvalue weighted by Crippen LogP contribution is 2.34. The van der Waals surface area contributed by atoms with Gasteiger partial charge >= 0.3 is 0 Å². The first-order valence-corrected chi connectivity index (χ1v) is 10.6. The number of piperazine rings is 1. The molecule has 0 bridgehead atoms. The Labute approximate surface area is 165 Å². The molecule has 1 aromatic heterocycles. The molecule has 0 radical (unpaired) electrons. The zero-order chi connectivity index (χ0) is 18.6. The number of ether oxygens (including phenoxy) is 1. The van der Waals surface area contributed by atoms with Crippen molar-refractivity contribution < 1.29 is 9.53 Å². The summed E-state index contributed by atoms with van der Waals surface area (Å²) in [4.78, 5) is 21.0. The molecule has 2 saturated heterocycles. The summed E-state index contributed by atoms with van der Waals surface area (Å²) in [5.74, 6) is 1.19. The van der Waals surface area contributed by atoms with Gasteiger partial charge in [0.05, 0.1) is 25.4 Å². The van der Waals surface area contributed by atoms with Crippen LogP contribution in [0.25, 0.3) is 0 Å².